The van der Waals surface area contributed by atoms with Gasteiger partial charge in [0.1, 0.15) is 12.4 Å². The Labute approximate surface area is 198 Å². The van der Waals surface area contributed by atoms with E-state index < -0.39 is 5.41 Å². The van der Waals surface area contributed by atoms with Crippen LogP contribution in [0, 0.1) is 0 Å². The molecule has 7 heteroatoms. The Bertz CT molecular complexity index is 1130. The van der Waals surface area contributed by atoms with E-state index in [9.17, 15) is 9.59 Å². The maximum atomic E-state index is 12.8. The SMILES string of the molecule is O=C1CC[C@@H]2c3ccc(OCCN4CCC5(CC4)C(=O)Nc4ccc(Cl)cc45)cc3CCN12. The van der Waals surface area contributed by atoms with Crippen molar-refractivity contribution in [2.24, 2.45) is 0 Å². The molecule has 1 atom stereocenters. The standard InChI is InChI=1S/C26H28ClN3O3/c27-18-1-4-22-21(16-18)26(25(32)28-22)8-11-29(12-9-26)13-14-33-19-2-3-20-17(15-19)7-10-30-23(20)5-6-24(30)31/h1-4,15-16,23H,5-14H2,(H,28,32)/t23-/m1/s1. The monoisotopic (exact) mass is 465 g/mol. The van der Waals surface area contributed by atoms with Gasteiger partial charge in [0.2, 0.25) is 11.8 Å². The Morgan fingerprint density at radius 2 is 1.91 bits per heavy atom. The van der Waals surface area contributed by atoms with Gasteiger partial charge in [-0.15, -0.1) is 0 Å². The highest BCUT2D eigenvalue weighted by molar-refractivity contribution is 6.31. The van der Waals surface area contributed by atoms with Crippen molar-refractivity contribution < 1.29 is 14.3 Å². The highest BCUT2D eigenvalue weighted by Gasteiger charge is 2.48. The quantitative estimate of drug-likeness (QED) is 0.743. The molecule has 1 spiro atoms. The Balaban J connectivity index is 1.05. The van der Waals surface area contributed by atoms with Crippen molar-refractivity contribution in [1.82, 2.24) is 9.80 Å². The first-order chi connectivity index (χ1) is 16.0. The zero-order chi connectivity index (χ0) is 22.6. The van der Waals surface area contributed by atoms with Crippen LogP contribution in [0.25, 0.3) is 0 Å². The number of piperidine rings is 1. The number of amides is 2. The van der Waals surface area contributed by atoms with Crippen LogP contribution in [0.5, 0.6) is 5.75 Å². The normalized spacial score (nSPS) is 23.3. The number of likely N-dealkylation sites (tertiary alicyclic amines) is 1. The lowest BCUT2D eigenvalue weighted by atomic mass is 9.73. The predicted molar refractivity (Wildman–Crippen MR) is 127 cm³/mol. The van der Waals surface area contributed by atoms with E-state index in [0.717, 1.165) is 68.9 Å². The highest BCUT2D eigenvalue weighted by Crippen LogP contribution is 2.46. The van der Waals surface area contributed by atoms with Crippen molar-refractivity contribution in [2.75, 3.05) is 38.1 Å². The molecular weight excluding hydrogens is 438 g/mol. The van der Waals surface area contributed by atoms with Gasteiger partial charge < -0.3 is 15.0 Å². The summed E-state index contributed by atoms with van der Waals surface area (Å²) in [7, 11) is 0. The summed E-state index contributed by atoms with van der Waals surface area (Å²) in [4.78, 5) is 29.2. The fraction of sp³-hybridized carbons (Fsp3) is 0.462. The second-order valence-corrected chi connectivity index (χ2v) is 10.1. The van der Waals surface area contributed by atoms with Gasteiger partial charge in [0.25, 0.3) is 0 Å². The van der Waals surface area contributed by atoms with Crippen molar-refractivity contribution in [3.8, 4) is 5.75 Å². The molecule has 2 saturated heterocycles. The minimum atomic E-state index is -0.453. The summed E-state index contributed by atoms with van der Waals surface area (Å²) in [6, 6.07) is 12.3. The molecule has 2 fully saturated rings. The molecule has 2 aromatic rings. The molecule has 6 rings (SSSR count). The summed E-state index contributed by atoms with van der Waals surface area (Å²) in [5, 5.41) is 3.72. The lowest BCUT2D eigenvalue weighted by molar-refractivity contribution is -0.129. The first-order valence-electron chi connectivity index (χ1n) is 11.9. The third-order valence-corrected chi connectivity index (χ3v) is 8.22. The van der Waals surface area contributed by atoms with E-state index in [1.807, 2.05) is 29.2 Å². The van der Waals surface area contributed by atoms with E-state index in [0.29, 0.717) is 18.1 Å². The van der Waals surface area contributed by atoms with Crippen molar-refractivity contribution in [3.05, 3.63) is 58.1 Å². The number of nitrogens with one attached hydrogen (secondary N) is 1. The number of carbonyl (C=O) groups excluding carboxylic acids is 2. The van der Waals surface area contributed by atoms with Crippen LogP contribution in [-0.2, 0) is 21.4 Å². The van der Waals surface area contributed by atoms with E-state index in [1.165, 1.54) is 11.1 Å². The summed E-state index contributed by atoms with van der Waals surface area (Å²) in [5.41, 5.74) is 4.10. The largest absolute Gasteiger partial charge is 0.492 e. The zero-order valence-electron chi connectivity index (χ0n) is 18.6. The number of ether oxygens (including phenoxy) is 1. The fourth-order valence-corrected chi connectivity index (χ4v) is 6.30. The van der Waals surface area contributed by atoms with Crippen LogP contribution in [0.1, 0.15) is 48.4 Å². The van der Waals surface area contributed by atoms with Gasteiger partial charge >= 0.3 is 0 Å². The Kier molecular flexibility index (Phi) is 5.11. The number of nitrogens with zero attached hydrogens (tertiary/aromatic N) is 2. The Hall–Kier alpha value is -2.57. The van der Waals surface area contributed by atoms with Crippen LogP contribution in [-0.4, -0.2) is 54.4 Å². The summed E-state index contributed by atoms with van der Waals surface area (Å²) in [5.74, 6) is 1.29. The van der Waals surface area contributed by atoms with Gasteiger partial charge in [-0.3, -0.25) is 14.5 Å². The fourth-order valence-electron chi connectivity index (χ4n) is 6.12. The third-order valence-electron chi connectivity index (χ3n) is 7.99. The molecule has 1 N–H and O–H groups in total. The number of benzene rings is 2. The number of carbonyl (C=O) groups is 2. The maximum Gasteiger partial charge on any atom is 0.235 e. The molecular formula is C26H28ClN3O3. The van der Waals surface area contributed by atoms with E-state index in [4.69, 9.17) is 16.3 Å². The van der Waals surface area contributed by atoms with Crippen LogP contribution in [0.4, 0.5) is 5.69 Å². The summed E-state index contributed by atoms with van der Waals surface area (Å²) in [6.07, 6.45) is 4.08. The van der Waals surface area contributed by atoms with Crippen molar-refractivity contribution in [2.45, 2.75) is 43.6 Å². The van der Waals surface area contributed by atoms with Gasteiger partial charge in [-0.05, 0) is 85.8 Å². The van der Waals surface area contributed by atoms with Crippen molar-refractivity contribution in [1.29, 1.82) is 0 Å². The number of halogens is 1. The molecule has 4 aliphatic rings. The van der Waals surface area contributed by atoms with E-state index in [1.54, 1.807) is 0 Å². The molecule has 0 bridgehead atoms. The number of fused-ring (bicyclic) bond motifs is 5. The Morgan fingerprint density at radius 1 is 1.06 bits per heavy atom. The van der Waals surface area contributed by atoms with Gasteiger partial charge in [0, 0.05) is 30.2 Å². The topological polar surface area (TPSA) is 61.9 Å². The molecule has 2 amide bonds. The average Bonchev–Trinajstić information content (AvgIpc) is 3.33. The molecule has 6 nitrogen and oxygen atoms in total. The molecule has 0 unspecified atom stereocenters. The highest BCUT2D eigenvalue weighted by atomic mass is 35.5. The maximum absolute atomic E-state index is 12.8. The van der Waals surface area contributed by atoms with Gasteiger partial charge in [0.15, 0.2) is 0 Å². The molecule has 4 heterocycles. The molecule has 0 saturated carbocycles. The van der Waals surface area contributed by atoms with Crippen LogP contribution in [0.3, 0.4) is 0 Å². The third kappa shape index (κ3) is 3.51. The van der Waals surface area contributed by atoms with Gasteiger partial charge in [0.05, 0.1) is 11.5 Å². The minimum absolute atomic E-state index is 0.104. The predicted octanol–water partition coefficient (Wildman–Crippen LogP) is 3.92. The number of anilines is 1. The van der Waals surface area contributed by atoms with Crippen LogP contribution >= 0.6 is 11.6 Å². The van der Waals surface area contributed by atoms with Crippen LogP contribution < -0.4 is 10.1 Å². The van der Waals surface area contributed by atoms with Gasteiger partial charge in [-0.1, -0.05) is 17.7 Å². The van der Waals surface area contributed by atoms with Crippen molar-refractivity contribution in [3.63, 3.8) is 0 Å². The Morgan fingerprint density at radius 3 is 2.76 bits per heavy atom. The first kappa shape index (κ1) is 21.0. The number of hydrogen-bond acceptors (Lipinski definition) is 4. The van der Waals surface area contributed by atoms with Gasteiger partial charge in [-0.25, -0.2) is 0 Å². The van der Waals surface area contributed by atoms with E-state index in [2.05, 4.69) is 22.3 Å². The van der Waals surface area contributed by atoms with Crippen LogP contribution in [0.15, 0.2) is 36.4 Å². The van der Waals surface area contributed by atoms with Crippen LogP contribution in [0.2, 0.25) is 5.02 Å². The molecule has 172 valence electrons. The molecule has 4 aliphatic heterocycles. The van der Waals surface area contributed by atoms with E-state index in [-0.39, 0.29) is 17.9 Å². The minimum Gasteiger partial charge on any atom is -0.492 e. The lowest BCUT2D eigenvalue weighted by Crippen LogP contribution is -2.47. The average molecular weight is 466 g/mol. The lowest BCUT2D eigenvalue weighted by Gasteiger charge is -2.38. The van der Waals surface area contributed by atoms with E-state index >= 15 is 0 Å². The zero-order valence-corrected chi connectivity index (χ0v) is 19.4. The first-order valence-corrected chi connectivity index (χ1v) is 12.3. The second-order valence-electron chi connectivity index (χ2n) is 9.67. The summed E-state index contributed by atoms with van der Waals surface area (Å²) < 4.78 is 6.10. The summed E-state index contributed by atoms with van der Waals surface area (Å²) >= 11 is 6.22. The summed E-state index contributed by atoms with van der Waals surface area (Å²) in [6.45, 7) is 3.99. The molecule has 33 heavy (non-hydrogen) atoms. The molecule has 2 aromatic carbocycles. The number of rotatable bonds is 4. The molecule has 0 aliphatic carbocycles. The molecule has 0 aromatic heterocycles. The number of hydrogen-bond donors (Lipinski definition) is 1. The smallest absolute Gasteiger partial charge is 0.235 e. The van der Waals surface area contributed by atoms with Gasteiger partial charge in [-0.2, -0.15) is 0 Å². The van der Waals surface area contributed by atoms with Crippen molar-refractivity contribution >= 4 is 29.1 Å². The molecule has 0 radical (unpaired) electrons. The second kappa shape index (κ2) is 8.03.